The van der Waals surface area contributed by atoms with E-state index < -0.39 is 0 Å². The molecule has 0 bridgehead atoms. The lowest BCUT2D eigenvalue weighted by Crippen LogP contribution is -1.85. The van der Waals surface area contributed by atoms with Crippen molar-refractivity contribution in [3.05, 3.63) is 73.1 Å². The second-order valence-electron chi connectivity index (χ2n) is 6.96. The molecule has 0 aliphatic rings. The highest BCUT2D eigenvalue weighted by atomic mass is 19.1. The Morgan fingerprint density at radius 2 is 1.80 bits per heavy atom. The van der Waals surface area contributed by atoms with Crippen molar-refractivity contribution in [3.63, 3.8) is 0 Å². The first-order valence-corrected chi connectivity index (χ1v) is 9.34. The zero-order chi connectivity index (χ0) is 20.1. The van der Waals surface area contributed by atoms with E-state index in [4.69, 9.17) is 0 Å². The number of pyridine rings is 2. The van der Waals surface area contributed by atoms with Crippen LogP contribution in [0.5, 0.6) is 0 Å². The number of halogens is 1. The van der Waals surface area contributed by atoms with Crippen LogP contribution in [0.4, 0.5) is 4.39 Å². The van der Waals surface area contributed by atoms with Gasteiger partial charge >= 0.3 is 0 Å². The molecule has 3 N–H and O–H groups in total. The smallest absolute Gasteiger partial charge is 0.181 e. The molecule has 30 heavy (non-hydrogen) atoms. The van der Waals surface area contributed by atoms with Crippen LogP contribution in [-0.4, -0.2) is 35.3 Å². The van der Waals surface area contributed by atoms with Crippen LogP contribution in [0.25, 0.3) is 55.7 Å². The summed E-state index contributed by atoms with van der Waals surface area (Å²) in [4.78, 5) is 12.2. The maximum absolute atomic E-state index is 14.4. The zero-order valence-electron chi connectivity index (χ0n) is 15.5. The maximum atomic E-state index is 14.4. The summed E-state index contributed by atoms with van der Waals surface area (Å²) in [5.41, 5.74) is 6.06. The summed E-state index contributed by atoms with van der Waals surface area (Å²) < 4.78 is 14.4. The number of hydrogen-bond donors (Lipinski definition) is 3. The minimum Gasteiger partial charge on any atom is -0.338 e. The predicted octanol–water partition coefficient (Wildman–Crippen LogP) is 4.70. The van der Waals surface area contributed by atoms with Crippen LogP contribution in [-0.2, 0) is 0 Å². The third kappa shape index (κ3) is 2.51. The third-order valence-corrected chi connectivity index (χ3v) is 5.21. The first-order valence-electron chi connectivity index (χ1n) is 9.34. The molecule has 7 nitrogen and oxygen atoms in total. The molecule has 0 radical (unpaired) electrons. The Morgan fingerprint density at radius 1 is 0.867 bits per heavy atom. The first-order chi connectivity index (χ1) is 14.8. The van der Waals surface area contributed by atoms with Gasteiger partial charge in [0, 0.05) is 46.1 Å². The lowest BCUT2D eigenvalue weighted by molar-refractivity contribution is 0.631. The van der Waals surface area contributed by atoms with E-state index in [-0.39, 0.29) is 5.82 Å². The van der Waals surface area contributed by atoms with Crippen molar-refractivity contribution >= 4 is 22.1 Å². The van der Waals surface area contributed by atoms with E-state index in [0.29, 0.717) is 16.9 Å². The molecule has 8 heteroatoms. The molecule has 0 saturated carbocycles. The molecule has 0 spiro atoms. The van der Waals surface area contributed by atoms with E-state index in [2.05, 4.69) is 35.3 Å². The van der Waals surface area contributed by atoms with E-state index >= 15 is 0 Å². The lowest BCUT2D eigenvalue weighted by Gasteiger charge is -2.04. The van der Waals surface area contributed by atoms with Gasteiger partial charge in [-0.1, -0.05) is 18.2 Å². The number of nitrogens with zero attached hydrogens (tertiary/aromatic N) is 4. The number of hydrogen-bond acceptors (Lipinski definition) is 4. The molecule has 6 aromatic rings. The van der Waals surface area contributed by atoms with Gasteiger partial charge in [0.25, 0.3) is 0 Å². The Labute approximate surface area is 169 Å². The Hall–Kier alpha value is -4.33. The summed E-state index contributed by atoms with van der Waals surface area (Å²) >= 11 is 0. The van der Waals surface area contributed by atoms with Gasteiger partial charge in [-0.15, -0.1) is 0 Å². The molecular weight excluding hydrogens is 381 g/mol. The van der Waals surface area contributed by atoms with Crippen molar-refractivity contribution in [1.29, 1.82) is 0 Å². The summed E-state index contributed by atoms with van der Waals surface area (Å²) in [5.74, 6) is -0.270. The van der Waals surface area contributed by atoms with Crippen molar-refractivity contribution in [2.24, 2.45) is 0 Å². The fourth-order valence-electron chi connectivity index (χ4n) is 3.75. The van der Waals surface area contributed by atoms with Crippen LogP contribution in [0.3, 0.4) is 0 Å². The molecular formula is C22H14FN7. The SMILES string of the molecule is Fc1ccccc1-c1ccnc2[nH]c(-c3[nH]nc4ncc(-c5cn[nH]c5)cc34)cc12. The summed E-state index contributed by atoms with van der Waals surface area (Å²) in [6, 6.07) is 12.5. The minimum absolute atomic E-state index is 0.270. The lowest BCUT2D eigenvalue weighted by atomic mass is 10.0. The largest absolute Gasteiger partial charge is 0.338 e. The van der Waals surface area contributed by atoms with Gasteiger partial charge in [0.2, 0.25) is 0 Å². The Bertz CT molecular complexity index is 1510. The van der Waals surface area contributed by atoms with Crippen LogP contribution >= 0.6 is 0 Å². The molecule has 0 fully saturated rings. The van der Waals surface area contributed by atoms with Crippen LogP contribution < -0.4 is 0 Å². The quantitative estimate of drug-likeness (QED) is 0.404. The van der Waals surface area contributed by atoms with Gasteiger partial charge < -0.3 is 4.98 Å². The van der Waals surface area contributed by atoms with Crippen molar-refractivity contribution in [2.45, 2.75) is 0 Å². The van der Waals surface area contributed by atoms with Crippen molar-refractivity contribution < 1.29 is 4.39 Å². The fraction of sp³-hybridized carbons (Fsp3) is 0. The highest BCUT2D eigenvalue weighted by Gasteiger charge is 2.16. The number of nitrogens with one attached hydrogen (secondary N) is 3. The number of benzene rings is 1. The van der Waals surface area contributed by atoms with E-state index in [1.807, 2.05) is 30.5 Å². The average molecular weight is 395 g/mol. The van der Waals surface area contributed by atoms with Crippen LogP contribution in [0.2, 0.25) is 0 Å². The van der Waals surface area contributed by atoms with Gasteiger partial charge in [0.1, 0.15) is 11.5 Å². The van der Waals surface area contributed by atoms with Crippen LogP contribution in [0.1, 0.15) is 0 Å². The molecule has 6 rings (SSSR count). The Morgan fingerprint density at radius 3 is 2.67 bits per heavy atom. The van der Waals surface area contributed by atoms with Crippen molar-refractivity contribution in [2.75, 3.05) is 0 Å². The van der Waals surface area contributed by atoms with Crippen molar-refractivity contribution in [3.8, 4) is 33.6 Å². The molecule has 5 aromatic heterocycles. The Balaban J connectivity index is 1.54. The van der Waals surface area contributed by atoms with E-state index in [0.717, 1.165) is 38.9 Å². The van der Waals surface area contributed by atoms with E-state index in [9.17, 15) is 4.39 Å². The standard InChI is InChI=1S/C22H14FN7/c23-18-4-2-1-3-15(18)14-5-6-24-21-16(14)8-19(28-21)20-17-7-12(13-10-26-27-11-13)9-25-22(17)30-29-20/h1-11H,(H,24,28)(H,26,27)(H,25,29,30). The summed E-state index contributed by atoms with van der Waals surface area (Å²) in [7, 11) is 0. The number of aromatic amines is 3. The molecule has 0 aliphatic heterocycles. The second kappa shape index (κ2) is 6.35. The normalized spacial score (nSPS) is 11.5. The molecule has 0 unspecified atom stereocenters. The minimum atomic E-state index is -0.270. The predicted molar refractivity (Wildman–Crippen MR) is 112 cm³/mol. The van der Waals surface area contributed by atoms with E-state index in [1.54, 1.807) is 30.7 Å². The molecule has 5 heterocycles. The third-order valence-electron chi connectivity index (χ3n) is 5.21. The van der Waals surface area contributed by atoms with Crippen LogP contribution in [0.15, 0.2) is 67.3 Å². The number of fused-ring (bicyclic) bond motifs is 2. The van der Waals surface area contributed by atoms with Gasteiger partial charge in [-0.3, -0.25) is 10.2 Å². The van der Waals surface area contributed by atoms with Crippen molar-refractivity contribution in [1.82, 2.24) is 35.3 Å². The average Bonchev–Trinajstić information content (AvgIpc) is 3.51. The summed E-state index contributed by atoms with van der Waals surface area (Å²) in [6.45, 7) is 0. The molecule has 144 valence electrons. The molecule has 0 amide bonds. The maximum Gasteiger partial charge on any atom is 0.181 e. The first kappa shape index (κ1) is 16.6. The molecule has 0 atom stereocenters. The highest BCUT2D eigenvalue weighted by Crippen LogP contribution is 2.34. The van der Waals surface area contributed by atoms with E-state index in [1.165, 1.54) is 6.07 Å². The van der Waals surface area contributed by atoms with Gasteiger partial charge in [0.05, 0.1) is 17.6 Å². The van der Waals surface area contributed by atoms with Gasteiger partial charge in [-0.25, -0.2) is 14.4 Å². The van der Waals surface area contributed by atoms with Gasteiger partial charge in [-0.2, -0.15) is 10.2 Å². The molecule has 0 saturated heterocycles. The summed E-state index contributed by atoms with van der Waals surface area (Å²) in [5, 5.41) is 15.9. The van der Waals surface area contributed by atoms with Crippen LogP contribution in [0, 0.1) is 5.82 Å². The topological polar surface area (TPSA) is 98.9 Å². The number of rotatable bonds is 3. The Kier molecular flexibility index (Phi) is 3.51. The molecule has 1 aromatic carbocycles. The second-order valence-corrected chi connectivity index (χ2v) is 6.96. The summed E-state index contributed by atoms with van der Waals surface area (Å²) in [6.07, 6.45) is 7.00. The molecule has 0 aliphatic carbocycles. The van der Waals surface area contributed by atoms with Gasteiger partial charge in [-0.05, 0) is 29.8 Å². The van der Waals surface area contributed by atoms with Gasteiger partial charge in [0.15, 0.2) is 5.65 Å². The monoisotopic (exact) mass is 395 g/mol. The number of H-pyrrole nitrogens is 3. The number of aromatic nitrogens is 7. The fourth-order valence-corrected chi connectivity index (χ4v) is 3.75. The highest BCUT2D eigenvalue weighted by molar-refractivity contribution is 5.99. The zero-order valence-corrected chi connectivity index (χ0v) is 15.5.